The Balaban J connectivity index is 2.26. The van der Waals surface area contributed by atoms with Gasteiger partial charge in [0.2, 0.25) is 10.0 Å². The first-order valence-corrected chi connectivity index (χ1v) is 10.4. The topological polar surface area (TPSA) is 84.5 Å². The molecule has 0 fully saturated rings. The number of anilines is 1. The van der Waals surface area contributed by atoms with E-state index in [1.54, 1.807) is 12.1 Å². The third-order valence-corrected chi connectivity index (χ3v) is 5.70. The molecule has 6 nitrogen and oxygen atoms in total. The second-order valence-corrected chi connectivity index (χ2v) is 7.80. The van der Waals surface area contributed by atoms with Crippen LogP contribution in [0.1, 0.15) is 35.3 Å². The first-order chi connectivity index (χ1) is 12.9. The van der Waals surface area contributed by atoms with Crippen LogP contribution in [0.15, 0.2) is 47.4 Å². The molecule has 27 heavy (non-hydrogen) atoms. The fourth-order valence-electron chi connectivity index (χ4n) is 2.75. The van der Waals surface area contributed by atoms with Crippen molar-refractivity contribution in [1.29, 1.82) is 0 Å². The molecular formula is C20H26N2O4S. The van der Waals surface area contributed by atoms with Gasteiger partial charge >= 0.3 is 0 Å². The van der Waals surface area contributed by atoms with Gasteiger partial charge in [0.05, 0.1) is 11.5 Å². The first-order valence-electron chi connectivity index (χ1n) is 8.93. The summed E-state index contributed by atoms with van der Waals surface area (Å²) >= 11 is 0. The zero-order valence-corrected chi connectivity index (χ0v) is 16.7. The van der Waals surface area contributed by atoms with Gasteiger partial charge in [0, 0.05) is 24.9 Å². The van der Waals surface area contributed by atoms with Gasteiger partial charge < -0.3 is 10.1 Å². The molecule has 2 aromatic carbocycles. The monoisotopic (exact) mass is 390 g/mol. The maximum atomic E-state index is 12.7. The van der Waals surface area contributed by atoms with Gasteiger partial charge in [-0.15, -0.1) is 0 Å². The van der Waals surface area contributed by atoms with Crippen molar-refractivity contribution in [2.75, 3.05) is 25.6 Å². The van der Waals surface area contributed by atoms with Crippen molar-refractivity contribution in [3.63, 3.8) is 0 Å². The Morgan fingerprint density at radius 1 is 1.04 bits per heavy atom. The Hall–Kier alpha value is -2.22. The van der Waals surface area contributed by atoms with Crippen molar-refractivity contribution in [1.82, 2.24) is 4.72 Å². The molecule has 0 aliphatic carbocycles. The van der Waals surface area contributed by atoms with Crippen LogP contribution in [0.2, 0.25) is 0 Å². The van der Waals surface area contributed by atoms with E-state index in [0.29, 0.717) is 0 Å². The SMILES string of the molecule is CCc1cccc(CC)c1NC(=O)c1cccc(S(=O)(=O)NCCOC)c1. The van der Waals surface area contributed by atoms with E-state index in [-0.39, 0.29) is 29.5 Å². The van der Waals surface area contributed by atoms with E-state index >= 15 is 0 Å². The van der Waals surface area contributed by atoms with Crippen molar-refractivity contribution < 1.29 is 17.9 Å². The van der Waals surface area contributed by atoms with Gasteiger partial charge in [-0.2, -0.15) is 0 Å². The maximum absolute atomic E-state index is 12.7. The molecule has 0 spiro atoms. The van der Waals surface area contributed by atoms with Crippen LogP contribution in [-0.4, -0.2) is 34.6 Å². The lowest BCUT2D eigenvalue weighted by Gasteiger charge is -2.15. The summed E-state index contributed by atoms with van der Waals surface area (Å²) in [4.78, 5) is 12.8. The fourth-order valence-corrected chi connectivity index (χ4v) is 3.81. The van der Waals surface area contributed by atoms with Crippen LogP contribution >= 0.6 is 0 Å². The molecule has 0 bridgehead atoms. The third-order valence-electron chi connectivity index (χ3n) is 4.24. The van der Waals surface area contributed by atoms with Crippen LogP contribution in [0.25, 0.3) is 0 Å². The second-order valence-electron chi connectivity index (χ2n) is 6.03. The van der Waals surface area contributed by atoms with E-state index in [2.05, 4.69) is 10.0 Å². The molecule has 0 aliphatic rings. The van der Waals surface area contributed by atoms with Crippen molar-refractivity contribution >= 4 is 21.6 Å². The van der Waals surface area contributed by atoms with Crippen molar-refractivity contribution in [2.24, 2.45) is 0 Å². The maximum Gasteiger partial charge on any atom is 0.255 e. The lowest BCUT2D eigenvalue weighted by molar-refractivity contribution is 0.102. The highest BCUT2D eigenvalue weighted by Crippen LogP contribution is 2.23. The highest BCUT2D eigenvalue weighted by Gasteiger charge is 2.17. The summed E-state index contributed by atoms with van der Waals surface area (Å²) in [7, 11) is -2.20. The number of amides is 1. The molecule has 7 heteroatoms. The molecule has 0 saturated carbocycles. The lowest BCUT2D eigenvalue weighted by Crippen LogP contribution is -2.27. The predicted octanol–water partition coefficient (Wildman–Crippen LogP) is 2.99. The van der Waals surface area contributed by atoms with Crippen LogP contribution < -0.4 is 10.0 Å². The average Bonchev–Trinajstić information content (AvgIpc) is 2.68. The molecular weight excluding hydrogens is 364 g/mol. The number of carbonyl (C=O) groups excluding carboxylic acids is 1. The fraction of sp³-hybridized carbons (Fsp3) is 0.350. The average molecular weight is 391 g/mol. The normalized spacial score (nSPS) is 11.4. The largest absolute Gasteiger partial charge is 0.383 e. The Morgan fingerprint density at radius 2 is 1.67 bits per heavy atom. The first kappa shape index (κ1) is 21.1. The van der Waals surface area contributed by atoms with Crippen LogP contribution in [-0.2, 0) is 27.6 Å². The van der Waals surface area contributed by atoms with Gasteiger partial charge in [0.25, 0.3) is 5.91 Å². The second kappa shape index (κ2) is 9.64. The summed E-state index contributed by atoms with van der Waals surface area (Å²) in [5.41, 5.74) is 3.19. The number of para-hydroxylation sites is 1. The van der Waals surface area contributed by atoms with Gasteiger partial charge in [0.15, 0.2) is 0 Å². The van der Waals surface area contributed by atoms with E-state index < -0.39 is 10.0 Å². The summed E-state index contributed by atoms with van der Waals surface area (Å²) in [6.07, 6.45) is 1.59. The van der Waals surface area contributed by atoms with Gasteiger partial charge in [-0.1, -0.05) is 38.1 Å². The number of ether oxygens (including phenoxy) is 1. The smallest absolute Gasteiger partial charge is 0.255 e. The lowest BCUT2D eigenvalue weighted by atomic mass is 10.0. The zero-order chi connectivity index (χ0) is 19.9. The number of rotatable bonds is 9. The van der Waals surface area contributed by atoms with E-state index in [4.69, 9.17) is 4.74 Å². The van der Waals surface area contributed by atoms with Gasteiger partial charge in [-0.3, -0.25) is 4.79 Å². The molecule has 2 N–H and O–H groups in total. The molecule has 2 rings (SSSR count). The van der Waals surface area contributed by atoms with Crippen molar-refractivity contribution in [3.8, 4) is 0 Å². The number of sulfonamides is 1. The number of methoxy groups -OCH3 is 1. The molecule has 0 aromatic heterocycles. The third kappa shape index (κ3) is 5.38. The van der Waals surface area contributed by atoms with Crippen molar-refractivity contribution in [3.05, 3.63) is 59.2 Å². The minimum Gasteiger partial charge on any atom is -0.383 e. The summed E-state index contributed by atoms with van der Waals surface area (Å²) in [5.74, 6) is -0.334. The Kier molecular flexibility index (Phi) is 7.53. The standard InChI is InChI=1S/C20H26N2O4S/c1-4-15-8-6-9-16(5-2)19(15)22-20(23)17-10-7-11-18(14-17)27(24,25)21-12-13-26-3/h6-11,14,21H,4-5,12-13H2,1-3H3,(H,22,23). The molecule has 1 amide bonds. The van der Waals surface area contributed by atoms with Gasteiger partial charge in [-0.25, -0.2) is 13.1 Å². The van der Waals surface area contributed by atoms with Crippen molar-refractivity contribution in [2.45, 2.75) is 31.6 Å². The highest BCUT2D eigenvalue weighted by atomic mass is 32.2. The number of hydrogen-bond donors (Lipinski definition) is 2. The highest BCUT2D eigenvalue weighted by molar-refractivity contribution is 7.89. The Morgan fingerprint density at radius 3 is 2.26 bits per heavy atom. The minimum atomic E-state index is -3.70. The molecule has 0 heterocycles. The molecule has 0 saturated heterocycles. The quantitative estimate of drug-likeness (QED) is 0.645. The Labute approximate surface area is 161 Å². The number of aryl methyl sites for hydroxylation is 2. The Bertz CT molecular complexity index is 872. The summed E-state index contributed by atoms with van der Waals surface area (Å²) in [6, 6.07) is 11.9. The number of nitrogens with one attached hydrogen (secondary N) is 2. The summed E-state index contributed by atoms with van der Waals surface area (Å²) < 4.78 is 32.0. The minimum absolute atomic E-state index is 0.0470. The molecule has 0 radical (unpaired) electrons. The number of benzene rings is 2. The number of carbonyl (C=O) groups is 1. The summed E-state index contributed by atoms with van der Waals surface area (Å²) in [6.45, 7) is 4.50. The van der Waals surface area contributed by atoms with E-state index in [1.165, 1.54) is 19.2 Å². The van der Waals surface area contributed by atoms with E-state index in [9.17, 15) is 13.2 Å². The van der Waals surface area contributed by atoms with Crippen LogP contribution in [0.3, 0.4) is 0 Å². The predicted molar refractivity (Wildman–Crippen MR) is 107 cm³/mol. The molecule has 146 valence electrons. The molecule has 0 unspecified atom stereocenters. The van der Waals surface area contributed by atoms with Crippen LogP contribution in [0.4, 0.5) is 5.69 Å². The molecule has 0 aliphatic heterocycles. The van der Waals surface area contributed by atoms with Gasteiger partial charge in [0.1, 0.15) is 0 Å². The molecule has 2 aromatic rings. The van der Waals surface area contributed by atoms with Crippen LogP contribution in [0.5, 0.6) is 0 Å². The van der Waals surface area contributed by atoms with E-state index in [1.807, 2.05) is 32.0 Å². The number of hydrogen-bond acceptors (Lipinski definition) is 4. The zero-order valence-electron chi connectivity index (χ0n) is 15.9. The summed E-state index contributed by atoms with van der Waals surface area (Å²) in [5, 5.41) is 2.95. The van der Waals surface area contributed by atoms with Gasteiger partial charge in [-0.05, 0) is 42.2 Å². The van der Waals surface area contributed by atoms with E-state index in [0.717, 1.165) is 29.7 Å². The molecule has 0 atom stereocenters. The van der Waals surface area contributed by atoms with Crippen LogP contribution in [0, 0.1) is 0 Å².